The van der Waals surface area contributed by atoms with E-state index in [0.29, 0.717) is 6.04 Å². The fourth-order valence-corrected chi connectivity index (χ4v) is 2.55. The van der Waals surface area contributed by atoms with Crippen LogP contribution >= 0.6 is 0 Å². The summed E-state index contributed by atoms with van der Waals surface area (Å²) in [7, 11) is 1.70. The number of hydrogen-bond acceptors (Lipinski definition) is 3. The minimum absolute atomic E-state index is 0.0359. The summed E-state index contributed by atoms with van der Waals surface area (Å²) >= 11 is 0. The van der Waals surface area contributed by atoms with Crippen molar-refractivity contribution in [1.29, 1.82) is 0 Å². The molecule has 3 nitrogen and oxygen atoms in total. The van der Waals surface area contributed by atoms with Gasteiger partial charge in [-0.15, -0.1) is 0 Å². The van der Waals surface area contributed by atoms with Gasteiger partial charge in [-0.05, 0) is 50.8 Å². The molecule has 3 heteroatoms. The van der Waals surface area contributed by atoms with Crippen LogP contribution in [0.2, 0.25) is 0 Å². The molecular formula is C16H25NO2. The van der Waals surface area contributed by atoms with Gasteiger partial charge in [0.1, 0.15) is 5.75 Å². The van der Waals surface area contributed by atoms with E-state index in [4.69, 9.17) is 9.47 Å². The first kappa shape index (κ1) is 14.4. The summed E-state index contributed by atoms with van der Waals surface area (Å²) in [4.78, 5) is 0. The van der Waals surface area contributed by atoms with Crippen molar-refractivity contribution in [3.8, 4) is 5.75 Å². The zero-order valence-corrected chi connectivity index (χ0v) is 12.2. The molecule has 106 valence electrons. The fourth-order valence-electron chi connectivity index (χ4n) is 2.55. The Morgan fingerprint density at radius 1 is 1.37 bits per heavy atom. The maximum absolute atomic E-state index is 5.79. The van der Waals surface area contributed by atoms with E-state index in [1.807, 2.05) is 12.1 Å². The summed E-state index contributed by atoms with van der Waals surface area (Å²) in [5.41, 5.74) is 1.37. The van der Waals surface area contributed by atoms with E-state index in [1.165, 1.54) is 12.0 Å². The van der Waals surface area contributed by atoms with Crippen LogP contribution < -0.4 is 10.1 Å². The standard InChI is InChI=1S/C16H25NO2/c1-13(17-12-16(2)9-4-10-19-16)11-14-5-7-15(18-3)8-6-14/h5-8,13,17H,4,9-12H2,1-3H3. The second kappa shape index (κ2) is 6.40. The Morgan fingerprint density at radius 3 is 2.68 bits per heavy atom. The van der Waals surface area contributed by atoms with Crippen molar-refractivity contribution in [2.24, 2.45) is 0 Å². The average Bonchev–Trinajstić information content (AvgIpc) is 2.85. The lowest BCUT2D eigenvalue weighted by Gasteiger charge is -2.26. The maximum atomic E-state index is 5.79. The third kappa shape index (κ3) is 4.22. The van der Waals surface area contributed by atoms with E-state index >= 15 is 0 Å². The molecule has 0 radical (unpaired) electrons. The number of benzene rings is 1. The molecule has 1 aromatic carbocycles. The van der Waals surface area contributed by atoms with Crippen molar-refractivity contribution in [1.82, 2.24) is 5.32 Å². The van der Waals surface area contributed by atoms with Crippen LogP contribution in [0.25, 0.3) is 0 Å². The van der Waals surface area contributed by atoms with Crippen molar-refractivity contribution in [2.75, 3.05) is 20.3 Å². The molecule has 19 heavy (non-hydrogen) atoms. The number of ether oxygens (including phenoxy) is 2. The van der Waals surface area contributed by atoms with Crippen LogP contribution in [-0.4, -0.2) is 31.9 Å². The predicted octanol–water partition coefficient (Wildman–Crippen LogP) is 2.78. The van der Waals surface area contributed by atoms with Gasteiger partial charge in [0.2, 0.25) is 0 Å². The molecule has 2 atom stereocenters. The Labute approximate surface area is 116 Å². The van der Waals surface area contributed by atoms with Crippen LogP contribution in [0.4, 0.5) is 0 Å². The van der Waals surface area contributed by atoms with Gasteiger partial charge in [-0.2, -0.15) is 0 Å². The number of nitrogens with one attached hydrogen (secondary N) is 1. The average molecular weight is 263 g/mol. The van der Waals surface area contributed by atoms with Crippen molar-refractivity contribution in [3.63, 3.8) is 0 Å². The van der Waals surface area contributed by atoms with Gasteiger partial charge in [0.05, 0.1) is 12.7 Å². The zero-order valence-electron chi connectivity index (χ0n) is 12.2. The Balaban J connectivity index is 1.78. The van der Waals surface area contributed by atoms with E-state index in [1.54, 1.807) is 7.11 Å². The molecule has 0 bridgehead atoms. The Morgan fingerprint density at radius 2 is 2.11 bits per heavy atom. The molecule has 0 aliphatic carbocycles. The topological polar surface area (TPSA) is 30.5 Å². The highest BCUT2D eigenvalue weighted by Crippen LogP contribution is 2.24. The van der Waals surface area contributed by atoms with E-state index in [0.717, 1.165) is 31.7 Å². The summed E-state index contributed by atoms with van der Waals surface area (Å²) in [5.74, 6) is 0.913. The highest BCUT2D eigenvalue weighted by Gasteiger charge is 2.29. The summed E-state index contributed by atoms with van der Waals surface area (Å²) in [6.07, 6.45) is 3.38. The molecule has 1 heterocycles. The molecule has 0 amide bonds. The van der Waals surface area contributed by atoms with Crippen LogP contribution in [0, 0.1) is 0 Å². The SMILES string of the molecule is COc1ccc(CC(C)NCC2(C)CCCO2)cc1. The molecule has 1 aliphatic rings. The van der Waals surface area contributed by atoms with Gasteiger partial charge < -0.3 is 14.8 Å². The first-order valence-electron chi connectivity index (χ1n) is 7.12. The van der Waals surface area contributed by atoms with Crippen LogP contribution in [0.3, 0.4) is 0 Å². The highest BCUT2D eigenvalue weighted by atomic mass is 16.5. The number of hydrogen-bond donors (Lipinski definition) is 1. The third-order valence-corrected chi connectivity index (χ3v) is 3.83. The quantitative estimate of drug-likeness (QED) is 0.856. The summed E-state index contributed by atoms with van der Waals surface area (Å²) in [6, 6.07) is 8.75. The van der Waals surface area contributed by atoms with Crippen LogP contribution in [0.15, 0.2) is 24.3 Å². The minimum atomic E-state index is 0.0359. The predicted molar refractivity (Wildman–Crippen MR) is 77.8 cm³/mol. The Bertz CT molecular complexity index is 382. The molecular weight excluding hydrogens is 238 g/mol. The van der Waals surface area contributed by atoms with Gasteiger partial charge in [-0.1, -0.05) is 12.1 Å². The van der Waals surface area contributed by atoms with E-state index in [2.05, 4.69) is 31.3 Å². The first-order valence-corrected chi connectivity index (χ1v) is 7.12. The van der Waals surface area contributed by atoms with Gasteiger partial charge in [0.25, 0.3) is 0 Å². The molecule has 1 aromatic rings. The summed E-state index contributed by atoms with van der Waals surface area (Å²) in [6.45, 7) is 6.27. The van der Waals surface area contributed by atoms with Crippen LogP contribution in [0.1, 0.15) is 32.3 Å². The minimum Gasteiger partial charge on any atom is -0.497 e. The lowest BCUT2D eigenvalue weighted by molar-refractivity contribution is 0.0191. The Kier molecular flexibility index (Phi) is 4.83. The molecule has 0 spiro atoms. The number of rotatable bonds is 6. The lowest BCUT2D eigenvalue weighted by atomic mass is 10.0. The van der Waals surface area contributed by atoms with Crippen LogP contribution in [-0.2, 0) is 11.2 Å². The zero-order chi connectivity index (χ0) is 13.7. The maximum Gasteiger partial charge on any atom is 0.118 e. The van der Waals surface area contributed by atoms with Crippen molar-refractivity contribution < 1.29 is 9.47 Å². The smallest absolute Gasteiger partial charge is 0.118 e. The second-order valence-electron chi connectivity index (χ2n) is 5.74. The van der Waals surface area contributed by atoms with Crippen molar-refractivity contribution in [2.45, 2.75) is 44.8 Å². The van der Waals surface area contributed by atoms with Gasteiger partial charge in [-0.3, -0.25) is 0 Å². The molecule has 1 N–H and O–H groups in total. The molecule has 1 fully saturated rings. The number of methoxy groups -OCH3 is 1. The molecule has 1 aliphatic heterocycles. The third-order valence-electron chi connectivity index (χ3n) is 3.83. The largest absolute Gasteiger partial charge is 0.497 e. The van der Waals surface area contributed by atoms with E-state index in [9.17, 15) is 0 Å². The fraction of sp³-hybridized carbons (Fsp3) is 0.625. The lowest BCUT2D eigenvalue weighted by Crippen LogP contribution is -2.41. The molecule has 0 saturated carbocycles. The van der Waals surface area contributed by atoms with E-state index in [-0.39, 0.29) is 5.60 Å². The van der Waals surface area contributed by atoms with Gasteiger partial charge in [0, 0.05) is 19.2 Å². The monoisotopic (exact) mass is 263 g/mol. The molecule has 2 rings (SSSR count). The summed E-state index contributed by atoms with van der Waals surface area (Å²) in [5, 5.41) is 3.59. The molecule has 0 aromatic heterocycles. The highest BCUT2D eigenvalue weighted by molar-refractivity contribution is 5.27. The Hall–Kier alpha value is -1.06. The first-order chi connectivity index (χ1) is 9.11. The van der Waals surface area contributed by atoms with Crippen molar-refractivity contribution in [3.05, 3.63) is 29.8 Å². The second-order valence-corrected chi connectivity index (χ2v) is 5.74. The normalized spacial score (nSPS) is 24.4. The van der Waals surface area contributed by atoms with Crippen LogP contribution in [0.5, 0.6) is 5.75 Å². The van der Waals surface area contributed by atoms with Gasteiger partial charge in [-0.25, -0.2) is 0 Å². The van der Waals surface area contributed by atoms with E-state index < -0.39 is 0 Å². The molecule has 2 unspecified atom stereocenters. The summed E-state index contributed by atoms with van der Waals surface area (Å²) < 4.78 is 11.0. The van der Waals surface area contributed by atoms with Crippen molar-refractivity contribution >= 4 is 0 Å². The van der Waals surface area contributed by atoms with Gasteiger partial charge >= 0.3 is 0 Å². The molecule has 1 saturated heterocycles. The van der Waals surface area contributed by atoms with Gasteiger partial charge in [0.15, 0.2) is 0 Å².